The number of H-pyrrole nitrogens is 1. The van der Waals surface area contributed by atoms with Crippen LogP contribution >= 0.6 is 11.3 Å². The van der Waals surface area contributed by atoms with Crippen molar-refractivity contribution in [2.75, 3.05) is 0 Å². The summed E-state index contributed by atoms with van der Waals surface area (Å²) >= 11 is 1.55. The molecule has 2 rings (SSSR count). The molecule has 72 valence electrons. The number of thiophene rings is 1. The molecule has 0 unspecified atom stereocenters. The number of aromatic nitrogens is 3. The highest BCUT2D eigenvalue weighted by Crippen LogP contribution is 2.17. The molecule has 0 atom stereocenters. The summed E-state index contributed by atoms with van der Waals surface area (Å²) < 4.78 is 0. The molecule has 2 N–H and O–H groups in total. The summed E-state index contributed by atoms with van der Waals surface area (Å²) in [5.74, 6) is -0.000723. The van der Waals surface area contributed by atoms with Crippen LogP contribution in [0.25, 0.3) is 11.4 Å². The Balaban J connectivity index is 2.22. The number of hydrogen-bond donors (Lipinski definition) is 2. The topological polar surface area (TPSA) is 78.9 Å². The first-order valence-electron chi connectivity index (χ1n) is 3.91. The molecule has 0 fully saturated rings. The molecule has 0 aliphatic heterocycles. The fraction of sp³-hybridized carbons (Fsp3) is 0.125. The minimum Gasteiger partial charge on any atom is -0.481 e. The zero-order valence-electron chi connectivity index (χ0n) is 7.10. The van der Waals surface area contributed by atoms with Gasteiger partial charge in [-0.05, 0) is 11.4 Å². The molecule has 0 spiro atoms. The van der Waals surface area contributed by atoms with Gasteiger partial charge < -0.3 is 5.11 Å². The number of aromatic amines is 1. The minimum atomic E-state index is -0.919. The Labute approximate surface area is 83.4 Å². The first-order chi connectivity index (χ1) is 6.75. The van der Waals surface area contributed by atoms with Crippen molar-refractivity contribution in [1.29, 1.82) is 0 Å². The summed E-state index contributed by atoms with van der Waals surface area (Å²) in [6, 6.07) is 1.89. The highest BCUT2D eigenvalue weighted by Gasteiger charge is 2.08. The van der Waals surface area contributed by atoms with Crippen molar-refractivity contribution < 1.29 is 9.90 Å². The molecule has 0 aromatic carbocycles. The molecule has 0 aliphatic rings. The zero-order valence-corrected chi connectivity index (χ0v) is 7.91. The second-order valence-electron chi connectivity index (χ2n) is 2.69. The molecule has 5 nitrogen and oxygen atoms in total. The average Bonchev–Trinajstić information content (AvgIpc) is 2.69. The number of hydrogen-bond acceptors (Lipinski definition) is 4. The van der Waals surface area contributed by atoms with Gasteiger partial charge in [0.05, 0.1) is 0 Å². The van der Waals surface area contributed by atoms with Crippen LogP contribution in [0.5, 0.6) is 0 Å². The van der Waals surface area contributed by atoms with Crippen LogP contribution in [0, 0.1) is 0 Å². The van der Waals surface area contributed by atoms with E-state index in [0.717, 1.165) is 5.56 Å². The van der Waals surface area contributed by atoms with Crippen molar-refractivity contribution >= 4 is 17.3 Å². The molecule has 2 aromatic rings. The molecule has 6 heteroatoms. The lowest BCUT2D eigenvalue weighted by molar-refractivity contribution is -0.136. The summed E-state index contributed by atoms with van der Waals surface area (Å²) in [7, 11) is 0. The van der Waals surface area contributed by atoms with E-state index in [1.54, 1.807) is 11.3 Å². The fourth-order valence-electron chi connectivity index (χ4n) is 1.04. The molecule has 0 amide bonds. The molecule has 14 heavy (non-hydrogen) atoms. The van der Waals surface area contributed by atoms with E-state index in [9.17, 15) is 4.79 Å². The highest BCUT2D eigenvalue weighted by molar-refractivity contribution is 7.08. The first-order valence-corrected chi connectivity index (χ1v) is 4.85. The van der Waals surface area contributed by atoms with Crippen LogP contribution in [-0.2, 0) is 11.2 Å². The Bertz CT molecular complexity index is 435. The van der Waals surface area contributed by atoms with Crippen molar-refractivity contribution in [3.63, 3.8) is 0 Å². The largest absolute Gasteiger partial charge is 0.481 e. The van der Waals surface area contributed by atoms with Crippen LogP contribution in [0.2, 0.25) is 0 Å². The maximum absolute atomic E-state index is 10.4. The third-order valence-electron chi connectivity index (χ3n) is 1.63. The number of carboxylic acids is 1. The standard InChI is InChI=1S/C8H7N3O2S/c12-7(13)3-6-9-8(11-10-6)5-1-2-14-4-5/h1-2,4H,3H2,(H,12,13)(H,9,10,11). The average molecular weight is 209 g/mol. The van der Waals surface area contributed by atoms with Gasteiger partial charge >= 0.3 is 5.97 Å². The second kappa shape index (κ2) is 3.59. The van der Waals surface area contributed by atoms with Crippen molar-refractivity contribution in [2.45, 2.75) is 6.42 Å². The van der Waals surface area contributed by atoms with Gasteiger partial charge in [0, 0.05) is 10.9 Å². The van der Waals surface area contributed by atoms with Gasteiger partial charge in [0.25, 0.3) is 0 Å². The van der Waals surface area contributed by atoms with Crippen LogP contribution in [0.1, 0.15) is 5.82 Å². The quantitative estimate of drug-likeness (QED) is 0.795. The van der Waals surface area contributed by atoms with E-state index >= 15 is 0 Å². The van der Waals surface area contributed by atoms with Crippen LogP contribution in [-0.4, -0.2) is 26.3 Å². The predicted octanol–water partition coefficient (Wildman–Crippen LogP) is 1.16. The molecule has 0 bridgehead atoms. The molecule has 2 heterocycles. The molecule has 0 saturated heterocycles. The third kappa shape index (κ3) is 1.80. The summed E-state index contributed by atoms with van der Waals surface area (Å²) in [5, 5.41) is 18.9. The van der Waals surface area contributed by atoms with Crippen molar-refractivity contribution in [3.8, 4) is 11.4 Å². The van der Waals surface area contributed by atoms with Crippen LogP contribution < -0.4 is 0 Å². The SMILES string of the molecule is O=C(O)Cc1nc(-c2ccsc2)n[nH]1. The highest BCUT2D eigenvalue weighted by atomic mass is 32.1. The summed E-state index contributed by atoms with van der Waals surface area (Å²) in [6.45, 7) is 0. The monoisotopic (exact) mass is 209 g/mol. The maximum Gasteiger partial charge on any atom is 0.311 e. The molecule has 0 aliphatic carbocycles. The second-order valence-corrected chi connectivity index (χ2v) is 3.47. The normalized spacial score (nSPS) is 10.3. The van der Waals surface area contributed by atoms with Crippen molar-refractivity contribution in [3.05, 3.63) is 22.7 Å². The number of nitrogens with zero attached hydrogens (tertiary/aromatic N) is 2. The van der Waals surface area contributed by atoms with E-state index < -0.39 is 5.97 Å². The van der Waals surface area contributed by atoms with Gasteiger partial charge in [-0.1, -0.05) is 0 Å². The molecule has 0 saturated carbocycles. The molecular formula is C8H7N3O2S. The molecule has 0 radical (unpaired) electrons. The Hall–Kier alpha value is -1.69. The van der Waals surface area contributed by atoms with Crippen LogP contribution in [0.3, 0.4) is 0 Å². The van der Waals surface area contributed by atoms with Gasteiger partial charge in [-0.25, -0.2) is 4.98 Å². The number of aliphatic carboxylic acids is 1. The summed E-state index contributed by atoms with van der Waals surface area (Å²) in [4.78, 5) is 14.4. The van der Waals surface area contributed by atoms with Gasteiger partial charge in [0.1, 0.15) is 12.2 Å². The first kappa shape index (κ1) is 8.89. The molecule has 2 aromatic heterocycles. The van der Waals surface area contributed by atoms with Gasteiger partial charge in [0.15, 0.2) is 5.82 Å². The fourth-order valence-corrected chi connectivity index (χ4v) is 1.67. The van der Waals surface area contributed by atoms with Crippen LogP contribution in [0.4, 0.5) is 0 Å². The predicted molar refractivity (Wildman–Crippen MR) is 51.0 cm³/mol. The van der Waals surface area contributed by atoms with Gasteiger partial charge in [-0.15, -0.1) is 0 Å². The van der Waals surface area contributed by atoms with Crippen LogP contribution in [0.15, 0.2) is 16.8 Å². The van der Waals surface area contributed by atoms with Crippen molar-refractivity contribution in [2.24, 2.45) is 0 Å². The van der Waals surface area contributed by atoms with Gasteiger partial charge in [-0.3, -0.25) is 9.89 Å². The Morgan fingerprint density at radius 1 is 1.64 bits per heavy atom. The van der Waals surface area contributed by atoms with E-state index in [-0.39, 0.29) is 6.42 Å². The van der Waals surface area contributed by atoms with E-state index in [0.29, 0.717) is 11.6 Å². The molecular weight excluding hydrogens is 202 g/mol. The Kier molecular flexibility index (Phi) is 2.28. The third-order valence-corrected chi connectivity index (χ3v) is 2.31. The number of carboxylic acid groups (broad SMARTS) is 1. The number of rotatable bonds is 3. The maximum atomic E-state index is 10.4. The van der Waals surface area contributed by atoms with Gasteiger partial charge in [-0.2, -0.15) is 16.4 Å². The van der Waals surface area contributed by atoms with Crippen molar-refractivity contribution in [1.82, 2.24) is 15.2 Å². The minimum absolute atomic E-state index is 0.128. The number of carbonyl (C=O) groups is 1. The Morgan fingerprint density at radius 2 is 2.50 bits per heavy atom. The zero-order chi connectivity index (χ0) is 9.97. The lowest BCUT2D eigenvalue weighted by atomic mass is 10.3. The smallest absolute Gasteiger partial charge is 0.311 e. The van der Waals surface area contributed by atoms with E-state index in [1.165, 1.54) is 0 Å². The lowest BCUT2D eigenvalue weighted by Gasteiger charge is -1.86. The van der Waals surface area contributed by atoms with Gasteiger partial charge in [0.2, 0.25) is 0 Å². The number of nitrogens with one attached hydrogen (secondary N) is 1. The summed E-state index contributed by atoms with van der Waals surface area (Å²) in [5.41, 5.74) is 0.905. The van der Waals surface area contributed by atoms with E-state index in [4.69, 9.17) is 5.11 Å². The Morgan fingerprint density at radius 3 is 3.14 bits per heavy atom. The van der Waals surface area contributed by atoms with E-state index in [1.807, 2.05) is 16.8 Å². The summed E-state index contributed by atoms with van der Waals surface area (Å²) in [6.07, 6.45) is -0.128. The van der Waals surface area contributed by atoms with E-state index in [2.05, 4.69) is 15.2 Å². The lowest BCUT2D eigenvalue weighted by Crippen LogP contribution is -2.01.